The zero-order chi connectivity index (χ0) is 87.4. The van der Waals surface area contributed by atoms with E-state index in [1.807, 2.05) is 0 Å². The van der Waals surface area contributed by atoms with Gasteiger partial charge in [0.05, 0.1) is 0 Å². The third-order valence-corrected chi connectivity index (χ3v) is 29.1. The number of unbranched alkanes of at least 4 members (excludes halogenated alkanes) is 32. The number of fused-ring (bicyclic) bond motifs is 13. The van der Waals surface area contributed by atoms with Crippen molar-refractivity contribution in [3.05, 3.63) is 228 Å². The Morgan fingerprint density at radius 3 is 0.589 bits per heavy atom. The van der Waals surface area contributed by atoms with Crippen LogP contribution in [-0.4, -0.2) is 0 Å². The van der Waals surface area contributed by atoms with Crippen LogP contribution in [-0.2, 0) is 21.7 Å². The molecule has 13 rings (SSSR count). The van der Waals surface area contributed by atoms with Crippen molar-refractivity contribution < 1.29 is 0 Å². The average Bonchev–Trinajstić information content (AvgIpc) is 0.706. The summed E-state index contributed by atoms with van der Waals surface area (Å²) in [7, 11) is 0. The predicted molar refractivity (Wildman–Crippen MR) is 556 cm³/mol. The van der Waals surface area contributed by atoms with E-state index in [4.69, 9.17) is 0 Å². The highest BCUT2D eigenvalue weighted by Gasteiger charge is 2.26. The summed E-state index contributed by atoms with van der Waals surface area (Å²) >= 11 is 0. The van der Waals surface area contributed by atoms with E-state index in [1.54, 1.807) is 11.1 Å². The van der Waals surface area contributed by atoms with Gasteiger partial charge in [-0.3, -0.25) is 0 Å². The van der Waals surface area contributed by atoms with Crippen LogP contribution in [0.25, 0.3) is 131 Å². The van der Waals surface area contributed by atoms with Gasteiger partial charge in [-0.25, -0.2) is 0 Å². The number of hydrogen-bond acceptors (Lipinski definition) is 0. The summed E-state index contributed by atoms with van der Waals surface area (Å²) in [6, 6.07) is 80.6. The molecule has 0 aliphatic heterocycles. The molecule has 658 valence electrons. The maximum Gasteiger partial charge on any atom is -0.00923 e. The van der Waals surface area contributed by atoms with Gasteiger partial charge in [-0.15, -0.1) is 0 Å². The zero-order valence-electron chi connectivity index (χ0n) is 80.9. The van der Waals surface area contributed by atoms with Gasteiger partial charge in [-0.2, -0.15) is 0 Å². The molecule has 124 heavy (non-hydrogen) atoms. The SMILES string of the molecule is CCCCCCCCCCCC(CCCCCCCCCCC)c1ccc2c(c1)cc(-c1ccc(C(C)(C)C)cc1)c1cc3c(cc12)c(-c1ccc(C(C)(C)C)cc1)cc1c3ccc2c3cc4c(-c5ccc(C(C)(C)C)cc5)cc5cc(C(CCCCCCCCCCC)CCCCCCCCCCC)ccc5c4cc3c(-c3ccc(C(C)(C)C)cc3)cc21. The summed E-state index contributed by atoms with van der Waals surface area (Å²) in [5, 5.41) is 21.1. The molecule has 0 saturated heterocycles. The van der Waals surface area contributed by atoms with Gasteiger partial charge in [0.2, 0.25) is 0 Å². The maximum atomic E-state index is 2.66. The second-order valence-electron chi connectivity index (χ2n) is 43.0. The molecule has 0 heterocycles. The van der Waals surface area contributed by atoms with Crippen LogP contribution in [0.4, 0.5) is 0 Å². The minimum Gasteiger partial charge on any atom is -0.0654 e. The molecule has 0 amide bonds. The molecule has 0 aliphatic carbocycles. The first-order chi connectivity index (χ1) is 59.9. The van der Waals surface area contributed by atoms with E-state index in [-0.39, 0.29) is 21.7 Å². The van der Waals surface area contributed by atoms with E-state index in [0.717, 1.165) is 0 Å². The molecule has 0 heteroatoms. The van der Waals surface area contributed by atoms with Gasteiger partial charge in [0.15, 0.2) is 0 Å². The van der Waals surface area contributed by atoms with Gasteiger partial charge in [0.1, 0.15) is 0 Å². The molecule has 0 fully saturated rings. The average molecular weight is 1650 g/mol. The molecular formula is C124H162. The smallest absolute Gasteiger partial charge is 0.00923 e. The minimum absolute atomic E-state index is 0.00879. The number of benzene rings is 13. The standard InChI is InChI=1S/C124H162/c1-17-21-25-29-33-37-41-45-49-53-89(54-50-46-42-38-34-30-26-22-18-2)95-65-75-103-97(79-95)81-107(91-57-67-99(68-58-91)121(5,6)7)117-87-115-105-77-78-106-114(113(105)83-109(119(115)85-111(103)117)93-61-71-101(72-62-93)123(11,12)13)84-110(94-63-73-102(74-64-94)124(14,15)16)120-86-112-104-76-66-96(80-98(104)82-108(118(112)88-116(106)120)92-59-69-100(70-60-92)122(8,9)10)90(55-51-47-43-39-35-31-27-23-19-3)56-52-48-44-40-36-32-28-24-20-4/h57-90H,17-56H2,1-16H3. The van der Waals surface area contributed by atoms with Crippen LogP contribution in [0.5, 0.6) is 0 Å². The van der Waals surface area contributed by atoms with E-state index in [1.165, 1.54) is 410 Å². The fourth-order valence-corrected chi connectivity index (χ4v) is 21.0. The van der Waals surface area contributed by atoms with Crippen LogP contribution in [0.15, 0.2) is 194 Å². The monoisotopic (exact) mass is 1650 g/mol. The highest BCUT2D eigenvalue weighted by atomic mass is 14.3. The second-order valence-corrected chi connectivity index (χ2v) is 43.0. The lowest BCUT2D eigenvalue weighted by Gasteiger charge is -2.22. The molecule has 0 aromatic heterocycles. The van der Waals surface area contributed by atoms with Crippen molar-refractivity contribution in [2.75, 3.05) is 0 Å². The molecule has 0 spiro atoms. The predicted octanol–water partition coefficient (Wildman–Crippen LogP) is 40.6. The third-order valence-electron chi connectivity index (χ3n) is 29.1. The number of rotatable bonds is 46. The quantitative estimate of drug-likeness (QED) is 0.0203. The summed E-state index contributed by atoms with van der Waals surface area (Å²) in [6.07, 6.45) is 54.4. The van der Waals surface area contributed by atoms with Crippen molar-refractivity contribution >= 4 is 86.2 Å². The van der Waals surface area contributed by atoms with Gasteiger partial charge >= 0.3 is 0 Å². The molecule has 0 radical (unpaired) electrons. The highest BCUT2D eigenvalue weighted by Crippen LogP contribution is 2.50. The molecule has 0 N–H and O–H groups in total. The first kappa shape index (κ1) is 93.6. The Morgan fingerprint density at radius 2 is 0.363 bits per heavy atom. The van der Waals surface area contributed by atoms with Crippen LogP contribution >= 0.6 is 0 Å². The van der Waals surface area contributed by atoms with Gasteiger partial charge in [-0.1, -0.05) is 488 Å². The van der Waals surface area contributed by atoms with Crippen LogP contribution < -0.4 is 0 Å². The van der Waals surface area contributed by atoms with Gasteiger partial charge in [0.25, 0.3) is 0 Å². The molecule has 13 aromatic carbocycles. The van der Waals surface area contributed by atoms with Crippen LogP contribution in [0, 0.1) is 0 Å². The van der Waals surface area contributed by atoms with Crippen molar-refractivity contribution in [2.45, 2.75) is 401 Å². The topological polar surface area (TPSA) is 0 Å². The molecular weight excluding hydrogens is 1490 g/mol. The van der Waals surface area contributed by atoms with E-state index in [0.29, 0.717) is 11.8 Å². The Balaban J connectivity index is 1.01. The minimum atomic E-state index is 0.00879. The maximum absolute atomic E-state index is 2.66. The summed E-state index contributed by atoms with van der Waals surface area (Å²) in [5.74, 6) is 1.11. The lowest BCUT2D eigenvalue weighted by Crippen LogP contribution is -2.10. The van der Waals surface area contributed by atoms with Crippen molar-refractivity contribution in [1.82, 2.24) is 0 Å². The molecule has 0 aliphatic rings. The lowest BCUT2D eigenvalue weighted by atomic mass is 9.82. The summed E-state index contributed by atoms with van der Waals surface area (Å²) in [4.78, 5) is 0. The van der Waals surface area contributed by atoms with Gasteiger partial charge < -0.3 is 0 Å². The van der Waals surface area contributed by atoms with Gasteiger partial charge in [-0.05, 0) is 272 Å². The zero-order valence-corrected chi connectivity index (χ0v) is 80.9. The molecule has 0 saturated carbocycles. The summed E-state index contributed by atoms with van der Waals surface area (Å²) in [5.41, 5.74) is 18.9. The Hall–Kier alpha value is -8.06. The van der Waals surface area contributed by atoms with Crippen molar-refractivity contribution in [3.63, 3.8) is 0 Å². The fourth-order valence-electron chi connectivity index (χ4n) is 21.0. The molecule has 0 bridgehead atoms. The van der Waals surface area contributed by atoms with Crippen LogP contribution in [0.1, 0.15) is 413 Å². The Kier molecular flexibility index (Phi) is 33.3. The number of hydrogen-bond donors (Lipinski definition) is 0. The normalized spacial score (nSPS) is 12.7. The van der Waals surface area contributed by atoms with Crippen molar-refractivity contribution in [3.8, 4) is 44.5 Å². The van der Waals surface area contributed by atoms with E-state index in [9.17, 15) is 0 Å². The molecule has 0 atom stereocenters. The largest absolute Gasteiger partial charge is 0.0654 e. The van der Waals surface area contributed by atoms with Crippen LogP contribution in [0.2, 0.25) is 0 Å². The first-order valence-electron chi connectivity index (χ1n) is 51.1. The molecule has 13 aromatic rings. The summed E-state index contributed by atoms with van der Waals surface area (Å²) in [6.45, 7) is 37.6. The van der Waals surface area contributed by atoms with Crippen molar-refractivity contribution in [1.29, 1.82) is 0 Å². The van der Waals surface area contributed by atoms with E-state index >= 15 is 0 Å². The van der Waals surface area contributed by atoms with E-state index in [2.05, 4.69) is 305 Å². The van der Waals surface area contributed by atoms with Crippen molar-refractivity contribution in [2.24, 2.45) is 0 Å². The fraction of sp³-hybridized carbons (Fsp3) is 0.500. The van der Waals surface area contributed by atoms with Gasteiger partial charge in [0, 0.05) is 0 Å². The third kappa shape index (κ3) is 23.8. The highest BCUT2D eigenvalue weighted by molar-refractivity contribution is 6.31. The Bertz CT molecular complexity index is 5180. The molecule has 0 unspecified atom stereocenters. The Morgan fingerprint density at radius 1 is 0.169 bits per heavy atom. The first-order valence-corrected chi connectivity index (χ1v) is 51.1. The molecule has 0 nitrogen and oxygen atoms in total. The summed E-state index contributed by atoms with van der Waals surface area (Å²) < 4.78 is 0. The lowest BCUT2D eigenvalue weighted by molar-refractivity contribution is 0.482. The second kappa shape index (κ2) is 44.1. The van der Waals surface area contributed by atoms with Crippen LogP contribution in [0.3, 0.4) is 0 Å². The van der Waals surface area contributed by atoms with E-state index < -0.39 is 0 Å². The Labute approximate surface area is 754 Å².